The van der Waals surface area contributed by atoms with Gasteiger partial charge in [0, 0.05) is 12.1 Å². The minimum absolute atomic E-state index is 0.0232. The second kappa shape index (κ2) is 11.3. The number of nitrogens with one attached hydrogen (secondary N) is 1. The summed E-state index contributed by atoms with van der Waals surface area (Å²) in [5.74, 6) is -1.67. The lowest BCUT2D eigenvalue weighted by Crippen LogP contribution is -2.44. The number of amides is 1. The van der Waals surface area contributed by atoms with Crippen molar-refractivity contribution >= 4 is 33.5 Å². The van der Waals surface area contributed by atoms with E-state index in [-0.39, 0.29) is 30.4 Å². The normalized spacial score (nSPS) is 16.3. The van der Waals surface area contributed by atoms with Gasteiger partial charge in [0.25, 0.3) is 10.0 Å². The zero-order valence-electron chi connectivity index (χ0n) is 21.8. The van der Waals surface area contributed by atoms with Gasteiger partial charge in [-0.2, -0.15) is 39.5 Å². The number of benzene rings is 2. The van der Waals surface area contributed by atoms with E-state index >= 15 is 0 Å². The Kier molecular flexibility index (Phi) is 8.84. The van der Waals surface area contributed by atoms with Crippen LogP contribution in [-0.4, -0.2) is 50.0 Å². The van der Waals surface area contributed by atoms with Gasteiger partial charge in [-0.05, 0) is 56.7 Å². The Hall–Kier alpha value is -3.90. The van der Waals surface area contributed by atoms with Crippen molar-refractivity contribution in [3.8, 4) is 5.75 Å². The van der Waals surface area contributed by atoms with Crippen LogP contribution in [0.2, 0.25) is 0 Å². The molecule has 0 radical (unpaired) electrons. The fourth-order valence-corrected chi connectivity index (χ4v) is 5.26. The molecule has 1 atom stereocenters. The van der Waals surface area contributed by atoms with Crippen molar-refractivity contribution in [3.05, 3.63) is 47.5 Å². The van der Waals surface area contributed by atoms with Crippen molar-refractivity contribution in [3.63, 3.8) is 0 Å². The standard InChI is InChI=1S/C24H21F9N2O7S/c1-21(2,24(31,32)33)42-20(38)34-14-3-5-18-17(10-14)35(11-15(41-18)4-6-19(36)37)43(39,40)16-8-12(22(25,26)27)7-13(9-16)23(28,29)30/h3,5,7-10,15H,4,6,11H2,1-2H3,(H,34,38)(H,36,37). The van der Waals surface area contributed by atoms with E-state index in [2.05, 4.69) is 4.74 Å². The predicted octanol–water partition coefficient (Wildman–Crippen LogP) is 6.43. The van der Waals surface area contributed by atoms with Gasteiger partial charge in [-0.1, -0.05) is 0 Å². The minimum Gasteiger partial charge on any atom is -0.486 e. The van der Waals surface area contributed by atoms with Gasteiger partial charge in [-0.3, -0.25) is 14.4 Å². The van der Waals surface area contributed by atoms with E-state index in [1.807, 2.05) is 5.32 Å². The van der Waals surface area contributed by atoms with Crippen molar-refractivity contribution < 1.29 is 72.1 Å². The summed E-state index contributed by atoms with van der Waals surface area (Å²) in [6.45, 7) is 0.293. The van der Waals surface area contributed by atoms with Crippen LogP contribution in [0.1, 0.15) is 37.8 Å². The van der Waals surface area contributed by atoms with Gasteiger partial charge in [0.2, 0.25) is 5.60 Å². The average molecular weight is 652 g/mol. The first-order valence-electron chi connectivity index (χ1n) is 11.8. The van der Waals surface area contributed by atoms with Crippen molar-refractivity contribution in [1.29, 1.82) is 0 Å². The molecule has 0 bridgehead atoms. The lowest BCUT2D eigenvalue weighted by Gasteiger charge is -2.36. The highest BCUT2D eigenvalue weighted by molar-refractivity contribution is 7.92. The minimum atomic E-state index is -5.39. The topological polar surface area (TPSA) is 122 Å². The lowest BCUT2D eigenvalue weighted by atomic mass is 10.1. The first kappa shape index (κ1) is 33.6. The van der Waals surface area contributed by atoms with E-state index in [1.54, 1.807) is 0 Å². The Balaban J connectivity index is 2.11. The molecule has 0 spiro atoms. The second-order valence-electron chi connectivity index (χ2n) is 9.66. The fraction of sp³-hybridized carbons (Fsp3) is 0.417. The molecule has 1 aliphatic rings. The molecule has 2 aromatic carbocycles. The van der Waals surface area contributed by atoms with Gasteiger partial charge >= 0.3 is 30.6 Å². The number of sulfonamides is 1. The number of carbonyl (C=O) groups is 2. The van der Waals surface area contributed by atoms with Gasteiger partial charge in [0.1, 0.15) is 11.9 Å². The van der Waals surface area contributed by atoms with E-state index in [1.165, 1.54) is 0 Å². The van der Waals surface area contributed by atoms with Crippen LogP contribution in [0.4, 0.5) is 55.7 Å². The Morgan fingerprint density at radius 3 is 2.02 bits per heavy atom. The highest BCUT2D eigenvalue weighted by atomic mass is 32.2. The molecule has 2 N–H and O–H groups in total. The van der Waals surface area contributed by atoms with Crippen LogP contribution in [0.5, 0.6) is 5.75 Å². The van der Waals surface area contributed by atoms with E-state index in [0.717, 1.165) is 18.2 Å². The highest BCUT2D eigenvalue weighted by Crippen LogP contribution is 2.42. The maximum absolute atomic E-state index is 13.6. The molecule has 9 nitrogen and oxygen atoms in total. The third kappa shape index (κ3) is 7.74. The van der Waals surface area contributed by atoms with Crippen LogP contribution in [0, 0.1) is 0 Å². The summed E-state index contributed by atoms with van der Waals surface area (Å²) in [7, 11) is -5.29. The lowest BCUT2D eigenvalue weighted by molar-refractivity contribution is -0.242. The van der Waals surface area contributed by atoms with Crippen LogP contribution in [0.3, 0.4) is 0 Å². The number of anilines is 2. The molecular weight excluding hydrogens is 631 g/mol. The first-order valence-corrected chi connectivity index (χ1v) is 13.3. The zero-order valence-corrected chi connectivity index (χ0v) is 22.6. The van der Waals surface area contributed by atoms with E-state index in [9.17, 15) is 57.5 Å². The quantitative estimate of drug-likeness (QED) is 0.331. The molecule has 1 aliphatic heterocycles. The molecular formula is C24H21F9N2O7S. The van der Waals surface area contributed by atoms with Gasteiger partial charge in [-0.15, -0.1) is 0 Å². The van der Waals surface area contributed by atoms with E-state index in [0.29, 0.717) is 18.2 Å². The third-order valence-electron chi connectivity index (χ3n) is 6.00. The summed E-state index contributed by atoms with van der Waals surface area (Å²) >= 11 is 0. The summed E-state index contributed by atoms with van der Waals surface area (Å²) < 4.78 is 157. The van der Waals surface area contributed by atoms with Crippen LogP contribution in [-0.2, 0) is 31.9 Å². The molecule has 43 heavy (non-hydrogen) atoms. The molecule has 0 aromatic heterocycles. The van der Waals surface area contributed by atoms with Crippen LogP contribution < -0.4 is 14.4 Å². The van der Waals surface area contributed by atoms with E-state index < -0.39 is 92.7 Å². The Labute approximate surface area is 237 Å². The molecule has 0 saturated carbocycles. The predicted molar refractivity (Wildman–Crippen MR) is 129 cm³/mol. The Bertz CT molecular complexity index is 1470. The molecule has 238 valence electrons. The molecule has 1 amide bonds. The number of carboxylic acid groups (broad SMARTS) is 1. The number of rotatable bonds is 7. The maximum Gasteiger partial charge on any atom is 0.427 e. The van der Waals surface area contributed by atoms with E-state index in [4.69, 9.17) is 9.84 Å². The Morgan fingerprint density at radius 1 is 0.977 bits per heavy atom. The first-order chi connectivity index (χ1) is 19.4. The number of nitrogens with zero attached hydrogens (tertiary/aromatic N) is 1. The molecule has 1 unspecified atom stereocenters. The Morgan fingerprint density at radius 2 is 1.53 bits per heavy atom. The maximum atomic E-state index is 13.6. The average Bonchev–Trinajstić information content (AvgIpc) is 2.84. The molecule has 19 heteroatoms. The van der Waals surface area contributed by atoms with Crippen molar-refractivity contribution in [2.45, 2.75) is 61.8 Å². The third-order valence-corrected chi connectivity index (χ3v) is 7.75. The molecule has 2 aromatic rings. The SMILES string of the molecule is CC(C)(OC(=O)Nc1ccc2c(c1)N(S(=O)(=O)c1cc(C(F)(F)F)cc(C(F)(F)F)c1)CC(CCC(=O)O)O2)C(F)(F)F. The molecule has 0 fully saturated rings. The number of ether oxygens (including phenoxy) is 2. The summed E-state index contributed by atoms with van der Waals surface area (Å²) in [6, 6.07) is 2.52. The molecule has 1 heterocycles. The largest absolute Gasteiger partial charge is 0.486 e. The van der Waals surface area contributed by atoms with Crippen LogP contribution in [0.25, 0.3) is 0 Å². The zero-order chi connectivity index (χ0) is 32.8. The summed E-state index contributed by atoms with van der Waals surface area (Å²) in [5.41, 5.74) is -7.75. The van der Waals surface area contributed by atoms with Crippen LogP contribution >= 0.6 is 0 Å². The van der Waals surface area contributed by atoms with Gasteiger partial charge in [0.05, 0.1) is 28.3 Å². The fourth-order valence-electron chi connectivity index (χ4n) is 3.69. The summed E-state index contributed by atoms with van der Waals surface area (Å²) in [5, 5.41) is 10.9. The number of alkyl halides is 9. The van der Waals surface area contributed by atoms with Crippen LogP contribution in [0.15, 0.2) is 41.3 Å². The number of aliphatic carboxylic acids is 1. The molecule has 3 rings (SSSR count). The van der Waals surface area contributed by atoms with Crippen molar-refractivity contribution in [2.75, 3.05) is 16.2 Å². The van der Waals surface area contributed by atoms with Gasteiger partial charge < -0.3 is 14.6 Å². The number of halogens is 9. The number of fused-ring (bicyclic) bond motifs is 1. The number of carbonyl (C=O) groups excluding carboxylic acids is 1. The smallest absolute Gasteiger partial charge is 0.427 e. The van der Waals surface area contributed by atoms with Gasteiger partial charge in [0.15, 0.2) is 0 Å². The molecule has 0 saturated heterocycles. The van der Waals surface area contributed by atoms with Crippen molar-refractivity contribution in [2.24, 2.45) is 0 Å². The van der Waals surface area contributed by atoms with Crippen molar-refractivity contribution in [1.82, 2.24) is 0 Å². The number of hydrogen-bond donors (Lipinski definition) is 2. The monoisotopic (exact) mass is 652 g/mol. The van der Waals surface area contributed by atoms with Gasteiger partial charge in [-0.25, -0.2) is 13.2 Å². The number of hydrogen-bond acceptors (Lipinski definition) is 6. The second-order valence-corrected chi connectivity index (χ2v) is 11.5. The summed E-state index contributed by atoms with van der Waals surface area (Å²) in [6.07, 6.45) is -19.5. The number of carboxylic acids is 1. The highest BCUT2D eigenvalue weighted by Gasteiger charge is 2.51. The summed E-state index contributed by atoms with van der Waals surface area (Å²) in [4.78, 5) is 21.8. The molecule has 0 aliphatic carbocycles.